The largest absolute Gasteiger partial charge is 0.495 e. The summed E-state index contributed by atoms with van der Waals surface area (Å²) in [6, 6.07) is 3.62. The van der Waals surface area contributed by atoms with Crippen molar-refractivity contribution in [1.82, 2.24) is 10.0 Å². The number of aryl methyl sites for hydroxylation is 2. The maximum absolute atomic E-state index is 12.6. The Hall–Kier alpha value is -1.11. The van der Waals surface area contributed by atoms with E-state index in [1.165, 1.54) is 20.0 Å². The van der Waals surface area contributed by atoms with Crippen LogP contribution in [-0.2, 0) is 10.0 Å². The molecule has 0 aromatic heterocycles. The van der Waals surface area contributed by atoms with Gasteiger partial charge in [-0.05, 0) is 69.3 Å². The first-order valence-electron chi connectivity index (χ1n) is 7.79. The van der Waals surface area contributed by atoms with Gasteiger partial charge in [0.2, 0.25) is 10.0 Å². The van der Waals surface area contributed by atoms with Gasteiger partial charge < -0.3 is 10.1 Å². The van der Waals surface area contributed by atoms with Crippen molar-refractivity contribution in [3.8, 4) is 5.75 Å². The van der Waals surface area contributed by atoms with E-state index in [-0.39, 0.29) is 4.90 Å². The summed E-state index contributed by atoms with van der Waals surface area (Å²) in [6.45, 7) is 6.24. The second-order valence-electron chi connectivity index (χ2n) is 6.01. The lowest BCUT2D eigenvalue weighted by molar-refractivity contribution is 0.358. The van der Waals surface area contributed by atoms with Crippen molar-refractivity contribution < 1.29 is 13.2 Å². The number of piperidine rings is 1. The van der Waals surface area contributed by atoms with Crippen LogP contribution >= 0.6 is 0 Å². The molecule has 22 heavy (non-hydrogen) atoms. The highest BCUT2D eigenvalue weighted by Gasteiger charge is 2.23. The highest BCUT2D eigenvalue weighted by molar-refractivity contribution is 7.89. The quantitative estimate of drug-likeness (QED) is 0.839. The first-order valence-corrected chi connectivity index (χ1v) is 9.28. The average Bonchev–Trinajstić information content (AvgIpc) is 2.46. The second kappa shape index (κ2) is 7.44. The molecule has 1 aliphatic rings. The number of methoxy groups -OCH3 is 1. The van der Waals surface area contributed by atoms with E-state index in [9.17, 15) is 8.42 Å². The Morgan fingerprint density at radius 2 is 2.14 bits per heavy atom. The molecule has 0 saturated carbocycles. The molecule has 0 spiro atoms. The molecular weight excluding hydrogens is 300 g/mol. The molecule has 1 aliphatic heterocycles. The van der Waals surface area contributed by atoms with Crippen LogP contribution in [-0.4, -0.2) is 35.2 Å². The van der Waals surface area contributed by atoms with Gasteiger partial charge in [0.15, 0.2) is 0 Å². The van der Waals surface area contributed by atoms with Gasteiger partial charge in [0.1, 0.15) is 10.6 Å². The first kappa shape index (κ1) is 17.2. The van der Waals surface area contributed by atoms with E-state index in [1.54, 1.807) is 13.0 Å². The van der Waals surface area contributed by atoms with Crippen LogP contribution < -0.4 is 14.8 Å². The molecule has 1 aromatic rings. The van der Waals surface area contributed by atoms with Crippen LogP contribution in [0.5, 0.6) is 5.75 Å². The van der Waals surface area contributed by atoms with E-state index in [2.05, 4.69) is 10.0 Å². The fourth-order valence-corrected chi connectivity index (χ4v) is 4.47. The van der Waals surface area contributed by atoms with E-state index in [0.717, 1.165) is 25.1 Å². The Morgan fingerprint density at radius 1 is 1.36 bits per heavy atom. The van der Waals surface area contributed by atoms with Gasteiger partial charge >= 0.3 is 0 Å². The smallest absolute Gasteiger partial charge is 0.244 e. The Balaban J connectivity index is 2.06. The molecule has 2 N–H and O–H groups in total. The van der Waals surface area contributed by atoms with Crippen LogP contribution in [0.25, 0.3) is 0 Å². The number of hydrogen-bond donors (Lipinski definition) is 2. The van der Waals surface area contributed by atoms with Crippen molar-refractivity contribution in [1.29, 1.82) is 0 Å². The molecule has 124 valence electrons. The van der Waals surface area contributed by atoms with E-state index in [4.69, 9.17) is 4.74 Å². The van der Waals surface area contributed by atoms with E-state index in [0.29, 0.717) is 23.8 Å². The summed E-state index contributed by atoms with van der Waals surface area (Å²) in [6.07, 6.45) is 3.20. The molecule has 1 atom stereocenters. The predicted octanol–water partition coefficient (Wildman–Crippen LogP) is 1.98. The third kappa shape index (κ3) is 4.21. The highest BCUT2D eigenvalue weighted by Crippen LogP contribution is 2.28. The third-order valence-corrected chi connectivity index (χ3v) is 5.76. The van der Waals surface area contributed by atoms with Gasteiger partial charge in [-0.1, -0.05) is 6.07 Å². The van der Waals surface area contributed by atoms with Crippen molar-refractivity contribution in [3.63, 3.8) is 0 Å². The minimum atomic E-state index is -3.55. The Kier molecular flexibility index (Phi) is 5.83. The molecule has 1 heterocycles. The van der Waals surface area contributed by atoms with Crippen LogP contribution in [0.2, 0.25) is 0 Å². The lowest BCUT2D eigenvalue weighted by Gasteiger charge is -2.22. The molecule has 5 nitrogen and oxygen atoms in total. The molecule has 0 radical (unpaired) electrons. The normalized spacial score (nSPS) is 19.1. The number of hydrogen-bond acceptors (Lipinski definition) is 4. The Labute approximate surface area is 133 Å². The monoisotopic (exact) mass is 326 g/mol. The number of nitrogens with one attached hydrogen (secondary N) is 2. The van der Waals surface area contributed by atoms with E-state index in [1.807, 2.05) is 13.0 Å². The standard InChI is InChI=1S/C16H26N2O3S/c1-12-9-13(2)16(15(10-12)21-3)22(19,20)18-8-6-14-5-4-7-17-11-14/h9-10,14,17-18H,4-8,11H2,1-3H3. The second-order valence-corrected chi connectivity index (χ2v) is 7.72. The van der Waals surface area contributed by atoms with Gasteiger partial charge in [-0.3, -0.25) is 0 Å². The zero-order valence-electron chi connectivity index (χ0n) is 13.6. The Morgan fingerprint density at radius 3 is 2.77 bits per heavy atom. The van der Waals surface area contributed by atoms with Crippen LogP contribution in [0.1, 0.15) is 30.4 Å². The minimum Gasteiger partial charge on any atom is -0.495 e. The van der Waals surface area contributed by atoms with Gasteiger partial charge in [0.25, 0.3) is 0 Å². The summed E-state index contributed by atoms with van der Waals surface area (Å²) in [5.41, 5.74) is 1.70. The Bertz CT molecular complexity index is 608. The summed E-state index contributed by atoms with van der Waals surface area (Å²) in [4.78, 5) is 0.252. The van der Waals surface area contributed by atoms with Crippen molar-refractivity contribution in [2.75, 3.05) is 26.7 Å². The minimum absolute atomic E-state index is 0.252. The zero-order chi connectivity index (χ0) is 16.2. The van der Waals surface area contributed by atoms with Crippen LogP contribution in [0.4, 0.5) is 0 Å². The van der Waals surface area contributed by atoms with Crippen molar-refractivity contribution in [3.05, 3.63) is 23.3 Å². The van der Waals surface area contributed by atoms with Crippen molar-refractivity contribution in [2.24, 2.45) is 5.92 Å². The van der Waals surface area contributed by atoms with Gasteiger partial charge in [-0.2, -0.15) is 0 Å². The molecule has 0 bridgehead atoms. The van der Waals surface area contributed by atoms with Crippen molar-refractivity contribution >= 4 is 10.0 Å². The average molecular weight is 326 g/mol. The van der Waals surface area contributed by atoms with E-state index < -0.39 is 10.0 Å². The van der Waals surface area contributed by atoms with Crippen molar-refractivity contribution in [2.45, 2.75) is 38.0 Å². The number of rotatable bonds is 6. The highest BCUT2D eigenvalue weighted by atomic mass is 32.2. The maximum atomic E-state index is 12.6. The first-order chi connectivity index (χ1) is 10.4. The molecule has 1 fully saturated rings. The maximum Gasteiger partial charge on any atom is 0.244 e. The van der Waals surface area contributed by atoms with Crippen LogP contribution in [0.3, 0.4) is 0 Å². The fourth-order valence-electron chi connectivity index (χ4n) is 3.05. The molecule has 1 aromatic carbocycles. The molecule has 2 rings (SSSR count). The van der Waals surface area contributed by atoms with Crippen LogP contribution in [0, 0.1) is 19.8 Å². The summed E-state index contributed by atoms with van der Waals surface area (Å²) >= 11 is 0. The molecule has 6 heteroatoms. The summed E-state index contributed by atoms with van der Waals surface area (Å²) in [5.74, 6) is 0.960. The van der Waals surface area contributed by atoms with Crippen LogP contribution in [0.15, 0.2) is 17.0 Å². The van der Waals surface area contributed by atoms with Gasteiger partial charge in [0.05, 0.1) is 7.11 Å². The molecule has 1 unspecified atom stereocenters. The van der Waals surface area contributed by atoms with Gasteiger partial charge in [0, 0.05) is 6.54 Å². The topological polar surface area (TPSA) is 67.4 Å². The predicted molar refractivity (Wildman–Crippen MR) is 87.9 cm³/mol. The van der Waals surface area contributed by atoms with Gasteiger partial charge in [-0.25, -0.2) is 13.1 Å². The number of ether oxygens (including phenoxy) is 1. The fraction of sp³-hybridized carbons (Fsp3) is 0.625. The summed E-state index contributed by atoms with van der Waals surface area (Å²) in [7, 11) is -2.05. The molecule has 0 amide bonds. The SMILES string of the molecule is COc1cc(C)cc(C)c1S(=O)(=O)NCCC1CCCNC1. The molecule has 0 aliphatic carbocycles. The summed E-state index contributed by atoms with van der Waals surface area (Å²) in [5, 5.41) is 3.35. The lowest BCUT2D eigenvalue weighted by atomic mass is 9.96. The summed E-state index contributed by atoms with van der Waals surface area (Å²) < 4.78 is 33.1. The number of benzene rings is 1. The van der Waals surface area contributed by atoms with E-state index >= 15 is 0 Å². The molecule has 1 saturated heterocycles. The van der Waals surface area contributed by atoms with Gasteiger partial charge in [-0.15, -0.1) is 0 Å². The lowest BCUT2D eigenvalue weighted by Crippen LogP contribution is -2.33. The third-order valence-electron chi connectivity index (χ3n) is 4.12. The zero-order valence-corrected chi connectivity index (χ0v) is 14.4. The molecular formula is C16H26N2O3S. The number of sulfonamides is 1.